The van der Waals surface area contributed by atoms with E-state index in [1.165, 1.54) is 12.1 Å². The smallest absolute Gasteiger partial charge is 0.350 e. The van der Waals surface area contributed by atoms with Crippen LogP contribution in [0, 0.1) is 17.0 Å². The second-order valence-electron chi connectivity index (χ2n) is 3.90. The van der Waals surface area contributed by atoms with E-state index < -0.39 is 14.9 Å². The van der Waals surface area contributed by atoms with Crippen molar-refractivity contribution in [2.75, 3.05) is 13.2 Å². The molecule has 7 nitrogen and oxygen atoms in total. The number of nitrogens with zero attached hydrogens (tertiary/aromatic N) is 3. The van der Waals surface area contributed by atoms with Crippen molar-refractivity contribution >= 4 is 15.9 Å². The maximum absolute atomic E-state index is 12.1. The zero-order chi connectivity index (χ0) is 13.3. The normalized spacial score (nSPS) is 16.6. The molecule has 96 valence electrons. The summed E-state index contributed by atoms with van der Waals surface area (Å²) in [6, 6.07) is 6.32. The third-order valence-corrected chi connectivity index (χ3v) is 4.39. The topological polar surface area (TPSA) is 92.9 Å². The lowest BCUT2D eigenvalue weighted by Crippen LogP contribution is -2.32. The third-order valence-electron chi connectivity index (χ3n) is 2.60. The second kappa shape index (κ2) is 4.46. The zero-order valence-electron chi connectivity index (χ0n) is 9.61. The lowest BCUT2D eigenvalue weighted by atomic mass is 10.2. The molecule has 0 spiro atoms. The Morgan fingerprint density at radius 3 is 2.44 bits per heavy atom. The van der Waals surface area contributed by atoms with Gasteiger partial charge in [0.2, 0.25) is 10.0 Å². The summed E-state index contributed by atoms with van der Waals surface area (Å²) in [5.74, 6) is -0.328. The minimum absolute atomic E-state index is 0.118. The van der Waals surface area contributed by atoms with Gasteiger partial charge in [0.05, 0.1) is 4.90 Å². The van der Waals surface area contributed by atoms with Crippen LogP contribution in [0.3, 0.4) is 0 Å². The van der Waals surface area contributed by atoms with E-state index in [1.807, 2.05) is 6.92 Å². The molecule has 0 saturated heterocycles. The van der Waals surface area contributed by atoms with Gasteiger partial charge >= 0.3 is 5.84 Å². The lowest BCUT2D eigenvalue weighted by Gasteiger charge is -2.12. The summed E-state index contributed by atoms with van der Waals surface area (Å²) in [5, 5.41) is 10.5. The molecule has 0 saturated carbocycles. The van der Waals surface area contributed by atoms with E-state index in [0.29, 0.717) is 0 Å². The molecule has 0 atom stereocenters. The molecular formula is C10H11N3O4S. The first-order valence-electron chi connectivity index (χ1n) is 5.16. The van der Waals surface area contributed by atoms with Crippen molar-refractivity contribution in [3.63, 3.8) is 0 Å². The van der Waals surface area contributed by atoms with Crippen LogP contribution < -0.4 is 0 Å². The number of hydrogen-bond donors (Lipinski definition) is 0. The summed E-state index contributed by atoms with van der Waals surface area (Å²) in [6.07, 6.45) is 0. The highest BCUT2D eigenvalue weighted by atomic mass is 32.2. The van der Waals surface area contributed by atoms with Gasteiger partial charge < -0.3 is 10.1 Å². The SMILES string of the molecule is Cc1ccc(S(=O)(=O)N2CN=C([N+](=O)[O-])C2)cc1. The van der Waals surface area contributed by atoms with Gasteiger partial charge in [0.1, 0.15) is 6.54 Å². The number of nitro groups is 1. The Balaban J connectivity index is 2.24. The average molecular weight is 269 g/mol. The summed E-state index contributed by atoms with van der Waals surface area (Å²) >= 11 is 0. The number of rotatable bonds is 2. The molecule has 0 unspecified atom stereocenters. The van der Waals surface area contributed by atoms with Crippen LogP contribution >= 0.6 is 0 Å². The fraction of sp³-hybridized carbons (Fsp3) is 0.300. The fourth-order valence-electron chi connectivity index (χ4n) is 1.55. The Morgan fingerprint density at radius 1 is 1.33 bits per heavy atom. The van der Waals surface area contributed by atoms with Gasteiger partial charge in [-0.2, -0.15) is 0 Å². The van der Waals surface area contributed by atoms with Crippen molar-refractivity contribution in [1.82, 2.24) is 4.31 Å². The molecule has 2 rings (SSSR count). The van der Waals surface area contributed by atoms with Gasteiger partial charge in [-0.1, -0.05) is 22.7 Å². The first-order valence-corrected chi connectivity index (χ1v) is 6.60. The zero-order valence-corrected chi connectivity index (χ0v) is 10.4. The van der Waals surface area contributed by atoms with Crippen LogP contribution in [0.15, 0.2) is 34.2 Å². The summed E-state index contributed by atoms with van der Waals surface area (Å²) in [5.41, 5.74) is 0.942. The van der Waals surface area contributed by atoms with Gasteiger partial charge in [-0.05, 0) is 24.0 Å². The molecule has 1 aromatic rings. The molecule has 0 aliphatic carbocycles. The molecule has 1 aliphatic heterocycles. The number of benzene rings is 1. The highest BCUT2D eigenvalue weighted by molar-refractivity contribution is 7.89. The monoisotopic (exact) mass is 269 g/mol. The Morgan fingerprint density at radius 2 is 1.94 bits per heavy atom. The number of hydrogen-bond acceptors (Lipinski definition) is 5. The van der Waals surface area contributed by atoms with Crippen molar-refractivity contribution in [3.05, 3.63) is 39.9 Å². The summed E-state index contributed by atoms with van der Waals surface area (Å²) in [4.78, 5) is 13.6. The van der Waals surface area contributed by atoms with Crippen LogP contribution in [0.4, 0.5) is 0 Å². The highest BCUT2D eigenvalue weighted by Gasteiger charge is 2.35. The summed E-state index contributed by atoms with van der Waals surface area (Å²) in [6.45, 7) is 1.36. The molecular weight excluding hydrogens is 258 g/mol. The van der Waals surface area contributed by atoms with Crippen molar-refractivity contribution in [1.29, 1.82) is 0 Å². The first kappa shape index (κ1) is 12.7. The average Bonchev–Trinajstić information content (AvgIpc) is 2.79. The second-order valence-corrected chi connectivity index (χ2v) is 5.84. The Hall–Kier alpha value is -1.80. The van der Waals surface area contributed by atoms with E-state index in [2.05, 4.69) is 4.99 Å². The van der Waals surface area contributed by atoms with Crippen LogP contribution in [0.1, 0.15) is 5.56 Å². The van der Waals surface area contributed by atoms with Crippen molar-refractivity contribution < 1.29 is 13.3 Å². The lowest BCUT2D eigenvalue weighted by molar-refractivity contribution is -0.351. The molecule has 1 aliphatic rings. The molecule has 0 N–H and O–H groups in total. The third kappa shape index (κ3) is 2.24. The van der Waals surface area contributed by atoms with Crippen LogP contribution in [-0.4, -0.2) is 36.7 Å². The van der Waals surface area contributed by atoms with Gasteiger partial charge in [0, 0.05) is 0 Å². The van der Waals surface area contributed by atoms with Gasteiger partial charge in [0.15, 0.2) is 6.67 Å². The quantitative estimate of drug-likeness (QED) is 0.581. The summed E-state index contributed by atoms with van der Waals surface area (Å²) in [7, 11) is -3.71. The van der Waals surface area contributed by atoms with E-state index in [1.54, 1.807) is 12.1 Å². The predicted molar refractivity (Wildman–Crippen MR) is 64.4 cm³/mol. The molecule has 8 heteroatoms. The van der Waals surface area contributed by atoms with Crippen molar-refractivity contribution in [2.45, 2.75) is 11.8 Å². The molecule has 0 bridgehead atoms. The van der Waals surface area contributed by atoms with Gasteiger partial charge in [-0.3, -0.25) is 0 Å². The number of amidine groups is 1. The highest BCUT2D eigenvalue weighted by Crippen LogP contribution is 2.18. The molecule has 1 aromatic carbocycles. The maximum Gasteiger partial charge on any atom is 0.350 e. The molecule has 0 radical (unpaired) electrons. The van der Waals surface area contributed by atoms with Crippen LogP contribution in [-0.2, 0) is 10.0 Å². The predicted octanol–water partition coefficient (Wildman–Crippen LogP) is 0.632. The molecule has 18 heavy (non-hydrogen) atoms. The maximum atomic E-state index is 12.1. The minimum Gasteiger partial charge on any atom is -0.358 e. The Kier molecular flexibility index (Phi) is 3.14. The van der Waals surface area contributed by atoms with Crippen molar-refractivity contribution in [3.8, 4) is 0 Å². The van der Waals surface area contributed by atoms with E-state index in [-0.39, 0.29) is 23.9 Å². The first-order chi connectivity index (χ1) is 8.41. The van der Waals surface area contributed by atoms with Crippen LogP contribution in [0.25, 0.3) is 0 Å². The van der Waals surface area contributed by atoms with E-state index in [9.17, 15) is 18.5 Å². The van der Waals surface area contributed by atoms with E-state index >= 15 is 0 Å². The fourth-order valence-corrected chi connectivity index (χ4v) is 2.83. The molecule has 1 heterocycles. The number of aliphatic imine (C=N–C) groups is 1. The Bertz CT molecular complexity index is 607. The van der Waals surface area contributed by atoms with E-state index in [4.69, 9.17) is 0 Å². The Labute approximate surface area is 104 Å². The molecule has 0 fully saturated rings. The van der Waals surface area contributed by atoms with Crippen molar-refractivity contribution in [2.24, 2.45) is 4.99 Å². The molecule has 0 aromatic heterocycles. The van der Waals surface area contributed by atoms with Crippen LogP contribution in [0.2, 0.25) is 0 Å². The summed E-state index contributed by atoms with van der Waals surface area (Å²) < 4.78 is 25.3. The standard InChI is InChI=1S/C10H11N3O4S/c1-8-2-4-9(5-3-8)18(16,17)12-6-10(11-7-12)13(14)15/h2-5H,6-7H2,1H3. The molecule has 0 amide bonds. The largest absolute Gasteiger partial charge is 0.358 e. The van der Waals surface area contributed by atoms with Gasteiger partial charge in [0.25, 0.3) is 0 Å². The van der Waals surface area contributed by atoms with Gasteiger partial charge in [-0.15, -0.1) is 4.31 Å². The van der Waals surface area contributed by atoms with Crippen LogP contribution in [0.5, 0.6) is 0 Å². The minimum atomic E-state index is -3.71. The van der Waals surface area contributed by atoms with Gasteiger partial charge in [-0.25, -0.2) is 8.42 Å². The number of sulfonamides is 1. The number of aryl methyl sites for hydroxylation is 1. The van der Waals surface area contributed by atoms with E-state index in [0.717, 1.165) is 9.87 Å².